The van der Waals surface area contributed by atoms with Gasteiger partial charge in [-0.1, -0.05) is 6.07 Å². The lowest BCUT2D eigenvalue weighted by Crippen LogP contribution is -2.38. The third-order valence-corrected chi connectivity index (χ3v) is 4.52. The van der Waals surface area contributed by atoms with Gasteiger partial charge in [0.25, 0.3) is 0 Å². The average Bonchev–Trinajstić information content (AvgIpc) is 2.52. The SMILES string of the molecule is COc1ccc(CCN(C)CC2CCCN(C)C2)cc1OC. The second-order valence-electron chi connectivity index (χ2n) is 6.47. The van der Waals surface area contributed by atoms with Gasteiger partial charge in [-0.3, -0.25) is 0 Å². The maximum Gasteiger partial charge on any atom is 0.160 e. The van der Waals surface area contributed by atoms with Gasteiger partial charge in [0.2, 0.25) is 0 Å². The number of likely N-dealkylation sites (tertiary alicyclic amines) is 1. The van der Waals surface area contributed by atoms with Crippen molar-refractivity contribution in [2.24, 2.45) is 5.92 Å². The molecular weight excluding hydrogens is 276 g/mol. The normalized spacial score (nSPS) is 19.4. The first kappa shape index (κ1) is 17.1. The van der Waals surface area contributed by atoms with Crippen molar-refractivity contribution < 1.29 is 9.47 Å². The first-order valence-electron chi connectivity index (χ1n) is 8.20. The molecule has 1 heterocycles. The zero-order chi connectivity index (χ0) is 15.9. The monoisotopic (exact) mass is 306 g/mol. The fourth-order valence-electron chi connectivity index (χ4n) is 3.31. The summed E-state index contributed by atoms with van der Waals surface area (Å²) in [6, 6.07) is 6.20. The molecule has 0 N–H and O–H groups in total. The van der Waals surface area contributed by atoms with Crippen molar-refractivity contribution >= 4 is 0 Å². The van der Waals surface area contributed by atoms with Gasteiger partial charge in [-0.05, 0) is 63.5 Å². The minimum absolute atomic E-state index is 0.796. The van der Waals surface area contributed by atoms with E-state index in [0.29, 0.717) is 0 Å². The smallest absolute Gasteiger partial charge is 0.160 e. The minimum atomic E-state index is 0.796. The molecule has 4 heteroatoms. The number of hydrogen-bond donors (Lipinski definition) is 0. The number of rotatable bonds is 7. The summed E-state index contributed by atoms with van der Waals surface area (Å²) in [5.74, 6) is 2.43. The van der Waals surface area contributed by atoms with E-state index in [-0.39, 0.29) is 0 Å². The van der Waals surface area contributed by atoms with Crippen LogP contribution < -0.4 is 9.47 Å². The van der Waals surface area contributed by atoms with Crippen LogP contribution in [0.5, 0.6) is 11.5 Å². The van der Waals surface area contributed by atoms with Crippen molar-refractivity contribution in [3.63, 3.8) is 0 Å². The molecule has 0 aliphatic carbocycles. The zero-order valence-electron chi connectivity index (χ0n) is 14.5. The summed E-state index contributed by atoms with van der Waals surface area (Å²) >= 11 is 0. The second-order valence-corrected chi connectivity index (χ2v) is 6.47. The Kier molecular flexibility index (Phi) is 6.52. The molecule has 0 saturated carbocycles. The van der Waals surface area contributed by atoms with Crippen LogP contribution in [-0.4, -0.2) is 64.3 Å². The van der Waals surface area contributed by atoms with Gasteiger partial charge in [0, 0.05) is 19.6 Å². The van der Waals surface area contributed by atoms with E-state index >= 15 is 0 Å². The predicted octanol–water partition coefficient (Wildman–Crippen LogP) is 2.52. The Labute approximate surface area is 135 Å². The molecule has 22 heavy (non-hydrogen) atoms. The molecule has 4 nitrogen and oxygen atoms in total. The van der Waals surface area contributed by atoms with Crippen molar-refractivity contribution in [2.45, 2.75) is 19.3 Å². The summed E-state index contributed by atoms with van der Waals surface area (Å²) in [5, 5.41) is 0. The zero-order valence-corrected chi connectivity index (χ0v) is 14.5. The van der Waals surface area contributed by atoms with Gasteiger partial charge in [0.1, 0.15) is 0 Å². The van der Waals surface area contributed by atoms with Gasteiger partial charge in [0.05, 0.1) is 14.2 Å². The van der Waals surface area contributed by atoms with E-state index in [1.165, 1.54) is 38.0 Å². The molecule has 1 fully saturated rings. The lowest BCUT2D eigenvalue weighted by molar-refractivity contribution is 0.167. The molecule has 0 spiro atoms. The Morgan fingerprint density at radius 3 is 2.68 bits per heavy atom. The first-order chi connectivity index (χ1) is 10.6. The molecule has 2 rings (SSSR count). The summed E-state index contributed by atoms with van der Waals surface area (Å²) in [5.41, 5.74) is 1.30. The quantitative estimate of drug-likeness (QED) is 0.773. The summed E-state index contributed by atoms with van der Waals surface area (Å²) in [4.78, 5) is 4.91. The van der Waals surface area contributed by atoms with E-state index in [2.05, 4.69) is 36.0 Å². The van der Waals surface area contributed by atoms with Crippen LogP contribution >= 0.6 is 0 Å². The fourth-order valence-corrected chi connectivity index (χ4v) is 3.31. The van der Waals surface area contributed by atoms with Crippen molar-refractivity contribution in [1.29, 1.82) is 0 Å². The lowest BCUT2D eigenvalue weighted by atomic mass is 9.98. The average molecular weight is 306 g/mol. The molecule has 0 aromatic heterocycles. The number of hydrogen-bond acceptors (Lipinski definition) is 4. The Morgan fingerprint density at radius 2 is 2.00 bits per heavy atom. The van der Waals surface area contributed by atoms with Crippen LogP contribution in [0.3, 0.4) is 0 Å². The molecule has 1 aliphatic heterocycles. The van der Waals surface area contributed by atoms with Crippen molar-refractivity contribution in [3.8, 4) is 11.5 Å². The maximum atomic E-state index is 5.37. The van der Waals surface area contributed by atoms with Gasteiger partial charge in [-0.15, -0.1) is 0 Å². The topological polar surface area (TPSA) is 24.9 Å². The van der Waals surface area contributed by atoms with E-state index in [1.54, 1.807) is 14.2 Å². The summed E-state index contributed by atoms with van der Waals surface area (Å²) < 4.78 is 10.7. The van der Waals surface area contributed by atoms with Gasteiger partial charge in [-0.2, -0.15) is 0 Å². The molecule has 124 valence electrons. The van der Waals surface area contributed by atoms with Crippen molar-refractivity contribution in [2.75, 3.05) is 54.5 Å². The molecule has 0 bridgehead atoms. The van der Waals surface area contributed by atoms with E-state index in [9.17, 15) is 0 Å². The Morgan fingerprint density at radius 1 is 1.23 bits per heavy atom. The number of methoxy groups -OCH3 is 2. The van der Waals surface area contributed by atoms with Crippen LogP contribution in [0.15, 0.2) is 18.2 Å². The molecule has 1 aromatic carbocycles. The van der Waals surface area contributed by atoms with E-state index < -0.39 is 0 Å². The van der Waals surface area contributed by atoms with Crippen molar-refractivity contribution in [1.82, 2.24) is 9.80 Å². The number of ether oxygens (including phenoxy) is 2. The van der Waals surface area contributed by atoms with Crippen molar-refractivity contribution in [3.05, 3.63) is 23.8 Å². The highest BCUT2D eigenvalue weighted by Crippen LogP contribution is 2.27. The van der Waals surface area contributed by atoms with E-state index in [4.69, 9.17) is 9.47 Å². The van der Waals surface area contributed by atoms with Crippen LogP contribution in [0.1, 0.15) is 18.4 Å². The number of piperidine rings is 1. The van der Waals surface area contributed by atoms with Gasteiger partial charge >= 0.3 is 0 Å². The Bertz CT molecular complexity index is 464. The number of likely N-dealkylation sites (N-methyl/N-ethyl adjacent to an activating group) is 1. The highest BCUT2D eigenvalue weighted by molar-refractivity contribution is 5.42. The Balaban J connectivity index is 1.81. The standard InChI is InChI=1S/C18H30N2O2/c1-19-10-5-6-16(13-19)14-20(2)11-9-15-7-8-17(21-3)18(12-15)22-4/h7-8,12,16H,5-6,9-11,13-14H2,1-4H3. The van der Waals surface area contributed by atoms with Crippen LogP contribution in [0, 0.1) is 5.92 Å². The summed E-state index contributed by atoms with van der Waals surface area (Å²) in [6.07, 6.45) is 3.75. The maximum absolute atomic E-state index is 5.37. The largest absolute Gasteiger partial charge is 0.493 e. The highest BCUT2D eigenvalue weighted by atomic mass is 16.5. The van der Waals surface area contributed by atoms with Gasteiger partial charge in [0.15, 0.2) is 11.5 Å². The second kappa shape index (κ2) is 8.39. The molecular formula is C18H30N2O2. The van der Waals surface area contributed by atoms with Crippen LogP contribution in [0.25, 0.3) is 0 Å². The van der Waals surface area contributed by atoms with E-state index in [1.807, 2.05) is 6.07 Å². The Hall–Kier alpha value is -1.26. The molecule has 1 atom stereocenters. The molecule has 1 aromatic rings. The predicted molar refractivity (Wildman–Crippen MR) is 91.0 cm³/mol. The third-order valence-electron chi connectivity index (χ3n) is 4.52. The molecule has 0 radical (unpaired) electrons. The molecule has 1 unspecified atom stereocenters. The number of benzene rings is 1. The minimum Gasteiger partial charge on any atom is -0.493 e. The summed E-state index contributed by atoms with van der Waals surface area (Å²) in [7, 11) is 7.82. The van der Waals surface area contributed by atoms with Crippen LogP contribution in [0.4, 0.5) is 0 Å². The van der Waals surface area contributed by atoms with Gasteiger partial charge in [-0.25, -0.2) is 0 Å². The van der Waals surface area contributed by atoms with Crippen LogP contribution in [0.2, 0.25) is 0 Å². The summed E-state index contributed by atoms with van der Waals surface area (Å²) in [6.45, 7) is 4.76. The molecule has 1 aliphatic rings. The highest BCUT2D eigenvalue weighted by Gasteiger charge is 2.18. The first-order valence-corrected chi connectivity index (χ1v) is 8.20. The number of nitrogens with zero attached hydrogens (tertiary/aromatic N) is 2. The van der Waals surface area contributed by atoms with Gasteiger partial charge < -0.3 is 19.3 Å². The lowest BCUT2D eigenvalue weighted by Gasteiger charge is -2.32. The van der Waals surface area contributed by atoms with Crippen LogP contribution in [-0.2, 0) is 6.42 Å². The fraction of sp³-hybridized carbons (Fsp3) is 0.667. The molecule has 0 amide bonds. The third kappa shape index (κ3) is 4.89. The molecule has 1 saturated heterocycles. The van der Waals surface area contributed by atoms with E-state index in [0.717, 1.165) is 30.4 Å².